The zero-order valence-electron chi connectivity index (χ0n) is 18.5. The second kappa shape index (κ2) is 11.0. The zero-order chi connectivity index (χ0) is 23.8. The molecule has 0 unspecified atom stereocenters. The summed E-state index contributed by atoms with van der Waals surface area (Å²) < 4.78 is 20.6. The summed E-state index contributed by atoms with van der Waals surface area (Å²) in [6, 6.07) is 12.8. The van der Waals surface area contributed by atoms with E-state index in [-0.39, 0.29) is 5.91 Å². The fourth-order valence-electron chi connectivity index (χ4n) is 2.91. The fourth-order valence-corrected chi connectivity index (χ4v) is 3.79. The third-order valence-electron chi connectivity index (χ3n) is 4.42. The number of carbonyl (C=O) groups excluding carboxylic acids is 2. The van der Waals surface area contributed by atoms with Gasteiger partial charge in [-0.1, -0.05) is 41.7 Å². The number of hydrogen-bond donors (Lipinski definition) is 2. The number of nitrogens with zero attached hydrogens (tertiary/aromatic N) is 1. The number of nitrogens with one attached hydrogen (secondary N) is 2. The van der Waals surface area contributed by atoms with Gasteiger partial charge in [0, 0.05) is 11.6 Å². The Morgan fingerprint density at radius 1 is 0.939 bits per heavy atom. The van der Waals surface area contributed by atoms with Gasteiger partial charge in [0.25, 0.3) is 0 Å². The van der Waals surface area contributed by atoms with Crippen molar-refractivity contribution in [1.82, 2.24) is 4.98 Å². The van der Waals surface area contributed by atoms with Crippen molar-refractivity contribution in [3.63, 3.8) is 0 Å². The predicted molar refractivity (Wildman–Crippen MR) is 127 cm³/mol. The molecule has 0 aliphatic carbocycles. The molecule has 0 fully saturated rings. The van der Waals surface area contributed by atoms with E-state index in [4.69, 9.17) is 14.2 Å². The summed E-state index contributed by atoms with van der Waals surface area (Å²) in [5.41, 5.74) is 2.00. The lowest BCUT2D eigenvalue weighted by Crippen LogP contribution is -2.10. The van der Waals surface area contributed by atoms with Gasteiger partial charge in [0.2, 0.25) is 11.7 Å². The highest BCUT2D eigenvalue weighted by molar-refractivity contribution is 7.20. The van der Waals surface area contributed by atoms with Crippen LogP contribution in [0, 0.1) is 0 Å². The number of hydrogen-bond acceptors (Lipinski definition) is 8. The van der Waals surface area contributed by atoms with Crippen LogP contribution in [0.25, 0.3) is 17.3 Å². The summed E-state index contributed by atoms with van der Waals surface area (Å²) >= 11 is 1.12. The molecule has 0 spiro atoms. The summed E-state index contributed by atoms with van der Waals surface area (Å²) in [5.74, 6) is 1.03. The van der Waals surface area contributed by atoms with Crippen LogP contribution in [0.2, 0.25) is 0 Å². The number of thiazole rings is 1. The van der Waals surface area contributed by atoms with E-state index in [0.717, 1.165) is 16.9 Å². The first-order valence-corrected chi connectivity index (χ1v) is 10.5. The first-order valence-electron chi connectivity index (χ1n) is 9.69. The normalized spacial score (nSPS) is 10.5. The van der Waals surface area contributed by atoms with Crippen molar-refractivity contribution in [2.24, 2.45) is 0 Å². The highest BCUT2D eigenvalue weighted by atomic mass is 32.1. The maximum absolute atomic E-state index is 12.7. The molecule has 10 heteroatoms. The van der Waals surface area contributed by atoms with E-state index in [2.05, 4.69) is 20.4 Å². The lowest BCUT2D eigenvalue weighted by molar-refractivity contribution is -0.111. The van der Waals surface area contributed by atoms with E-state index >= 15 is 0 Å². The maximum Gasteiger partial charge on any atom is 0.413 e. The Kier molecular flexibility index (Phi) is 7.87. The van der Waals surface area contributed by atoms with Gasteiger partial charge in [0.1, 0.15) is 10.7 Å². The molecule has 1 aromatic heterocycles. The van der Waals surface area contributed by atoms with Crippen LogP contribution in [-0.2, 0) is 9.53 Å². The van der Waals surface area contributed by atoms with Crippen molar-refractivity contribution in [3.8, 4) is 28.5 Å². The van der Waals surface area contributed by atoms with Crippen LogP contribution >= 0.6 is 11.3 Å². The van der Waals surface area contributed by atoms with Gasteiger partial charge in [-0.25, -0.2) is 9.78 Å². The van der Waals surface area contributed by atoms with Gasteiger partial charge in [-0.3, -0.25) is 10.1 Å². The summed E-state index contributed by atoms with van der Waals surface area (Å²) in [5, 5.41) is 6.12. The number of aromatic nitrogens is 1. The minimum absolute atomic E-state index is 0.296. The third-order valence-corrected chi connectivity index (χ3v) is 5.31. The molecule has 0 bridgehead atoms. The molecule has 2 N–H and O–H groups in total. The van der Waals surface area contributed by atoms with Crippen LogP contribution in [0.4, 0.5) is 14.9 Å². The number of rotatable bonds is 8. The molecule has 1 heterocycles. The van der Waals surface area contributed by atoms with Crippen LogP contribution in [0.1, 0.15) is 5.56 Å². The SMILES string of the molecule is COC(=O)Nc1nc(-c2ccccc2)c(NC(=O)/C=C\c2cc(OC)c(OC)c(OC)c2)s1. The van der Waals surface area contributed by atoms with E-state index < -0.39 is 6.09 Å². The Bertz CT molecular complexity index is 1140. The summed E-state index contributed by atoms with van der Waals surface area (Å²) in [6.07, 6.45) is 2.35. The lowest BCUT2D eigenvalue weighted by atomic mass is 10.1. The molecule has 3 aromatic rings. The molecule has 0 aliphatic heterocycles. The van der Waals surface area contributed by atoms with Crippen LogP contribution < -0.4 is 24.8 Å². The third kappa shape index (κ3) is 5.80. The molecular formula is C23H23N3O6S. The zero-order valence-corrected chi connectivity index (χ0v) is 19.3. The largest absolute Gasteiger partial charge is 0.493 e. The Hall–Kier alpha value is -4.05. The van der Waals surface area contributed by atoms with Gasteiger partial charge in [0.05, 0.1) is 28.4 Å². The van der Waals surface area contributed by atoms with E-state index in [0.29, 0.717) is 38.6 Å². The van der Waals surface area contributed by atoms with Gasteiger partial charge in [0.15, 0.2) is 16.6 Å². The summed E-state index contributed by atoms with van der Waals surface area (Å²) in [4.78, 5) is 28.7. The quantitative estimate of drug-likeness (QED) is 0.462. The Balaban J connectivity index is 1.85. The standard InChI is InChI=1S/C23H23N3O6S/c1-29-16-12-14(13-17(30-2)20(16)31-3)10-11-18(27)24-21-19(15-8-6-5-7-9-15)25-22(33-21)26-23(28)32-4/h5-13H,1-4H3,(H,24,27)(H,25,26,28)/b11-10-. The molecule has 2 amide bonds. The van der Waals surface area contributed by atoms with Crippen LogP contribution in [-0.4, -0.2) is 45.4 Å². The molecule has 33 heavy (non-hydrogen) atoms. The molecule has 0 radical (unpaired) electrons. The first kappa shape index (κ1) is 23.6. The molecule has 0 atom stereocenters. The second-order valence-corrected chi connectivity index (χ2v) is 7.46. The molecule has 2 aromatic carbocycles. The molecular weight excluding hydrogens is 446 g/mol. The minimum atomic E-state index is -0.650. The van der Waals surface area contributed by atoms with Crippen molar-refractivity contribution in [2.45, 2.75) is 0 Å². The van der Waals surface area contributed by atoms with Gasteiger partial charge in [-0.15, -0.1) is 0 Å². The predicted octanol–water partition coefficient (Wildman–Crippen LogP) is 4.67. The van der Waals surface area contributed by atoms with Crippen molar-refractivity contribution >= 4 is 39.5 Å². The van der Waals surface area contributed by atoms with E-state index in [1.807, 2.05) is 30.3 Å². The molecule has 0 saturated heterocycles. The highest BCUT2D eigenvalue weighted by Crippen LogP contribution is 2.39. The van der Waals surface area contributed by atoms with E-state index in [1.54, 1.807) is 18.2 Å². The Labute approximate surface area is 195 Å². The number of carbonyl (C=O) groups is 2. The number of ether oxygens (including phenoxy) is 4. The molecule has 9 nitrogen and oxygen atoms in total. The van der Waals surface area contributed by atoms with Gasteiger partial charge < -0.3 is 24.3 Å². The number of amides is 2. The Morgan fingerprint density at radius 3 is 2.18 bits per heavy atom. The second-order valence-electron chi connectivity index (χ2n) is 6.46. The number of anilines is 2. The van der Waals surface area contributed by atoms with Gasteiger partial charge in [-0.05, 0) is 23.8 Å². The average molecular weight is 470 g/mol. The molecule has 0 saturated carbocycles. The van der Waals surface area contributed by atoms with Crippen LogP contribution in [0.5, 0.6) is 17.2 Å². The smallest absolute Gasteiger partial charge is 0.413 e. The van der Waals surface area contributed by atoms with Crippen molar-refractivity contribution < 1.29 is 28.5 Å². The Morgan fingerprint density at radius 2 is 1.61 bits per heavy atom. The van der Waals surface area contributed by atoms with Crippen molar-refractivity contribution in [3.05, 3.63) is 54.1 Å². The molecule has 172 valence electrons. The maximum atomic E-state index is 12.7. The van der Waals surface area contributed by atoms with Crippen LogP contribution in [0.15, 0.2) is 48.5 Å². The lowest BCUT2D eigenvalue weighted by Gasteiger charge is -2.12. The highest BCUT2D eigenvalue weighted by Gasteiger charge is 2.17. The van der Waals surface area contributed by atoms with E-state index in [9.17, 15) is 9.59 Å². The number of methoxy groups -OCH3 is 4. The molecule has 0 aliphatic rings. The number of benzene rings is 2. The average Bonchev–Trinajstić information content (AvgIpc) is 3.23. The minimum Gasteiger partial charge on any atom is -0.493 e. The topological polar surface area (TPSA) is 108 Å². The van der Waals surface area contributed by atoms with E-state index in [1.165, 1.54) is 34.5 Å². The monoisotopic (exact) mass is 469 g/mol. The summed E-state index contributed by atoms with van der Waals surface area (Å²) in [7, 11) is 5.82. The van der Waals surface area contributed by atoms with Crippen LogP contribution in [0.3, 0.4) is 0 Å². The summed E-state index contributed by atoms with van der Waals surface area (Å²) in [6.45, 7) is 0. The fraction of sp³-hybridized carbons (Fsp3) is 0.174. The molecule has 3 rings (SSSR count). The van der Waals surface area contributed by atoms with Gasteiger partial charge in [-0.2, -0.15) is 0 Å². The van der Waals surface area contributed by atoms with Crippen molar-refractivity contribution in [1.29, 1.82) is 0 Å². The van der Waals surface area contributed by atoms with Crippen molar-refractivity contribution in [2.75, 3.05) is 39.1 Å². The van der Waals surface area contributed by atoms with Gasteiger partial charge >= 0.3 is 6.09 Å². The first-order chi connectivity index (χ1) is 16.0.